The molecule has 1 aromatic heterocycles. The lowest BCUT2D eigenvalue weighted by Gasteiger charge is -2.27. The third kappa shape index (κ3) is 2.11. The Morgan fingerprint density at radius 2 is 2.09 bits per heavy atom. The summed E-state index contributed by atoms with van der Waals surface area (Å²) in [6, 6.07) is 9.69. The third-order valence-corrected chi connectivity index (χ3v) is 4.47. The van der Waals surface area contributed by atoms with Crippen LogP contribution in [0.4, 0.5) is 0 Å². The first kappa shape index (κ1) is 13.9. The van der Waals surface area contributed by atoms with Crippen LogP contribution in [0.3, 0.4) is 0 Å². The van der Waals surface area contributed by atoms with Crippen molar-refractivity contribution in [2.75, 3.05) is 0 Å². The minimum absolute atomic E-state index is 0.0913. The molecule has 3 heterocycles. The zero-order valence-corrected chi connectivity index (χ0v) is 12.9. The van der Waals surface area contributed by atoms with Crippen molar-refractivity contribution in [3.8, 4) is 0 Å². The van der Waals surface area contributed by atoms with Crippen LogP contribution in [-0.4, -0.2) is 22.5 Å². The molecule has 2 aliphatic heterocycles. The van der Waals surface area contributed by atoms with Gasteiger partial charge in [-0.15, -0.1) is 0 Å². The Morgan fingerprint density at radius 1 is 1.26 bits per heavy atom. The Labute approximate surface area is 133 Å². The summed E-state index contributed by atoms with van der Waals surface area (Å²) in [6.07, 6.45) is 1.99. The van der Waals surface area contributed by atoms with E-state index >= 15 is 0 Å². The third-order valence-electron chi connectivity index (χ3n) is 4.47. The van der Waals surface area contributed by atoms with Gasteiger partial charge in [0.1, 0.15) is 5.60 Å². The van der Waals surface area contributed by atoms with Crippen LogP contribution >= 0.6 is 0 Å². The Bertz CT molecular complexity index is 883. The van der Waals surface area contributed by atoms with E-state index in [2.05, 4.69) is 10.3 Å². The first-order valence-electron chi connectivity index (χ1n) is 7.58. The van der Waals surface area contributed by atoms with Crippen LogP contribution in [0.15, 0.2) is 47.8 Å². The minimum Gasteiger partial charge on any atom is -0.450 e. The molecule has 0 spiro atoms. The van der Waals surface area contributed by atoms with Crippen molar-refractivity contribution in [1.82, 2.24) is 10.3 Å². The lowest BCUT2D eigenvalue weighted by atomic mass is 9.82. The number of fused-ring (bicyclic) bond motifs is 1. The van der Waals surface area contributed by atoms with Crippen LogP contribution in [0.2, 0.25) is 0 Å². The summed E-state index contributed by atoms with van der Waals surface area (Å²) in [5, 5.41) is 3.81. The van der Waals surface area contributed by atoms with Crippen LogP contribution in [-0.2, 0) is 14.3 Å². The van der Waals surface area contributed by atoms with Crippen LogP contribution in [0.5, 0.6) is 0 Å². The van der Waals surface area contributed by atoms with Gasteiger partial charge in [0, 0.05) is 23.9 Å². The molecule has 0 bridgehead atoms. The van der Waals surface area contributed by atoms with Crippen molar-refractivity contribution in [3.05, 3.63) is 53.4 Å². The zero-order valence-electron chi connectivity index (χ0n) is 12.9. The molecule has 0 saturated heterocycles. The van der Waals surface area contributed by atoms with Gasteiger partial charge in [0.05, 0.1) is 16.8 Å². The second kappa shape index (κ2) is 4.65. The highest BCUT2D eigenvalue weighted by atomic mass is 16.6. The monoisotopic (exact) mass is 308 g/mol. The Kier molecular flexibility index (Phi) is 2.82. The second-order valence-corrected chi connectivity index (χ2v) is 6.45. The van der Waals surface area contributed by atoms with E-state index in [-0.39, 0.29) is 24.2 Å². The molecule has 1 aromatic carbocycles. The maximum atomic E-state index is 12.3. The van der Waals surface area contributed by atoms with Gasteiger partial charge in [-0.1, -0.05) is 12.1 Å². The largest absolute Gasteiger partial charge is 0.450 e. The minimum atomic E-state index is -0.793. The summed E-state index contributed by atoms with van der Waals surface area (Å²) in [5.41, 5.74) is 2.19. The van der Waals surface area contributed by atoms with Crippen LogP contribution in [0.25, 0.3) is 10.9 Å². The number of carbonyl (C=O) groups is 2. The standard InChI is InChI=1S/C18H16N2O3/c1-18(2)16-15(17(22)23-18)12(9-14(21)20-16)10-5-6-13-11(8-10)4-3-7-19-13/h3-8,12H,9H2,1-2H3,(H,20,21)/t12-/m1/s1. The van der Waals surface area contributed by atoms with Crippen molar-refractivity contribution in [2.24, 2.45) is 0 Å². The summed E-state index contributed by atoms with van der Waals surface area (Å²) < 4.78 is 5.44. The Morgan fingerprint density at radius 3 is 2.91 bits per heavy atom. The van der Waals surface area contributed by atoms with Gasteiger partial charge in [-0.25, -0.2) is 4.79 Å². The second-order valence-electron chi connectivity index (χ2n) is 6.45. The molecule has 0 aliphatic carbocycles. The molecule has 1 amide bonds. The Balaban J connectivity index is 1.87. The van der Waals surface area contributed by atoms with Gasteiger partial charge < -0.3 is 10.1 Å². The summed E-state index contributed by atoms with van der Waals surface area (Å²) >= 11 is 0. The molecular formula is C18H16N2O3. The summed E-state index contributed by atoms with van der Waals surface area (Å²) in [6.45, 7) is 3.58. The molecular weight excluding hydrogens is 292 g/mol. The van der Waals surface area contributed by atoms with Gasteiger partial charge in [0.25, 0.3) is 0 Å². The fraction of sp³-hybridized carbons (Fsp3) is 0.278. The van der Waals surface area contributed by atoms with Crippen molar-refractivity contribution in [1.29, 1.82) is 0 Å². The van der Waals surface area contributed by atoms with Crippen LogP contribution in [0, 0.1) is 0 Å². The number of ether oxygens (including phenoxy) is 1. The van der Waals surface area contributed by atoms with Crippen LogP contribution in [0.1, 0.15) is 31.7 Å². The Hall–Kier alpha value is -2.69. The number of hydrogen-bond acceptors (Lipinski definition) is 4. The van der Waals surface area contributed by atoms with Gasteiger partial charge >= 0.3 is 5.97 Å². The highest BCUT2D eigenvalue weighted by Gasteiger charge is 2.47. The smallest absolute Gasteiger partial charge is 0.337 e. The summed E-state index contributed by atoms with van der Waals surface area (Å²) in [4.78, 5) is 28.8. The van der Waals surface area contributed by atoms with Gasteiger partial charge in [0.15, 0.2) is 0 Å². The zero-order chi connectivity index (χ0) is 16.2. The molecule has 116 valence electrons. The van der Waals surface area contributed by atoms with E-state index < -0.39 is 5.60 Å². The lowest BCUT2D eigenvalue weighted by molar-refractivity contribution is -0.144. The predicted octanol–water partition coefficient (Wildman–Crippen LogP) is 2.43. The first-order chi connectivity index (χ1) is 11.0. The van der Waals surface area contributed by atoms with E-state index in [9.17, 15) is 9.59 Å². The number of aromatic nitrogens is 1. The fourth-order valence-electron chi connectivity index (χ4n) is 3.37. The SMILES string of the molecule is CC1(C)OC(=O)C2=C1NC(=O)C[C@@H]2c1ccc2ncccc2c1. The molecule has 5 nitrogen and oxygen atoms in total. The summed E-state index contributed by atoms with van der Waals surface area (Å²) in [7, 11) is 0. The van der Waals surface area contributed by atoms with Crippen LogP contribution < -0.4 is 5.32 Å². The number of hydrogen-bond donors (Lipinski definition) is 1. The van der Waals surface area contributed by atoms with E-state index in [0.717, 1.165) is 16.5 Å². The summed E-state index contributed by atoms with van der Waals surface area (Å²) in [5.74, 6) is -0.717. The molecule has 1 N–H and O–H groups in total. The highest BCUT2D eigenvalue weighted by Crippen LogP contribution is 2.42. The molecule has 2 aliphatic rings. The number of rotatable bonds is 1. The van der Waals surface area contributed by atoms with E-state index in [1.165, 1.54) is 0 Å². The number of nitrogens with one attached hydrogen (secondary N) is 1. The molecule has 0 radical (unpaired) electrons. The molecule has 0 fully saturated rings. The number of nitrogens with zero attached hydrogens (tertiary/aromatic N) is 1. The number of pyridine rings is 1. The molecule has 0 saturated carbocycles. The van der Waals surface area contributed by atoms with Crippen molar-refractivity contribution in [3.63, 3.8) is 0 Å². The van der Waals surface area contributed by atoms with Crippen molar-refractivity contribution < 1.29 is 14.3 Å². The number of amides is 1. The molecule has 5 heteroatoms. The topological polar surface area (TPSA) is 68.3 Å². The predicted molar refractivity (Wildman–Crippen MR) is 84.4 cm³/mol. The fourth-order valence-corrected chi connectivity index (χ4v) is 3.37. The molecule has 2 aromatic rings. The van der Waals surface area contributed by atoms with Crippen molar-refractivity contribution >= 4 is 22.8 Å². The van der Waals surface area contributed by atoms with Crippen molar-refractivity contribution in [2.45, 2.75) is 31.8 Å². The number of benzene rings is 1. The van der Waals surface area contributed by atoms with E-state index in [0.29, 0.717) is 11.3 Å². The van der Waals surface area contributed by atoms with Gasteiger partial charge in [-0.05, 0) is 37.6 Å². The molecule has 4 rings (SSSR count). The average molecular weight is 308 g/mol. The van der Waals surface area contributed by atoms with Gasteiger partial charge in [-0.2, -0.15) is 0 Å². The van der Waals surface area contributed by atoms with E-state index in [1.807, 2.05) is 30.3 Å². The average Bonchev–Trinajstić information content (AvgIpc) is 2.75. The quantitative estimate of drug-likeness (QED) is 0.822. The number of esters is 1. The first-order valence-corrected chi connectivity index (χ1v) is 7.58. The molecule has 0 unspecified atom stereocenters. The lowest BCUT2D eigenvalue weighted by Crippen LogP contribution is -2.38. The molecule has 1 atom stereocenters. The maximum absolute atomic E-state index is 12.3. The van der Waals surface area contributed by atoms with Gasteiger partial charge in [-0.3, -0.25) is 9.78 Å². The highest BCUT2D eigenvalue weighted by molar-refractivity contribution is 5.99. The normalized spacial score (nSPS) is 22.8. The number of carbonyl (C=O) groups excluding carboxylic acids is 2. The van der Waals surface area contributed by atoms with Gasteiger partial charge in [0.2, 0.25) is 5.91 Å². The van der Waals surface area contributed by atoms with E-state index in [4.69, 9.17) is 4.74 Å². The van der Waals surface area contributed by atoms with E-state index in [1.54, 1.807) is 20.0 Å². The maximum Gasteiger partial charge on any atom is 0.337 e. The number of cyclic esters (lactones) is 1. The molecule has 23 heavy (non-hydrogen) atoms.